The van der Waals surface area contributed by atoms with E-state index in [2.05, 4.69) is 31.9 Å². The lowest BCUT2D eigenvalue weighted by molar-refractivity contribution is 0.488. The summed E-state index contributed by atoms with van der Waals surface area (Å²) >= 11 is 0. The third-order valence-electron chi connectivity index (χ3n) is 3.03. The van der Waals surface area contributed by atoms with E-state index in [4.69, 9.17) is 0 Å². The average molecular weight is 232 g/mol. The first kappa shape index (κ1) is 16.0. The molecule has 0 aromatic carbocycles. The molecule has 0 aromatic heterocycles. The molecule has 96 valence electrons. The largest absolute Gasteiger partial charge is 0.103 e. The molecule has 0 fully saturated rings. The van der Waals surface area contributed by atoms with Crippen LogP contribution in [0.1, 0.15) is 51.4 Å². The summed E-state index contributed by atoms with van der Waals surface area (Å²) in [7, 11) is 0. The summed E-state index contributed by atoms with van der Waals surface area (Å²) in [5.74, 6) is 0.711. The van der Waals surface area contributed by atoms with Crippen LogP contribution in [0.2, 0.25) is 0 Å². The maximum Gasteiger partial charge on any atom is -0.0236 e. The summed E-state index contributed by atoms with van der Waals surface area (Å²) in [4.78, 5) is 0. The predicted octanol–water partition coefficient (Wildman–Crippen LogP) is 5.84. The van der Waals surface area contributed by atoms with Gasteiger partial charge in [-0.1, -0.05) is 49.8 Å². The monoisotopic (exact) mass is 232 g/mol. The Bertz CT molecular complexity index is 222. The highest BCUT2D eigenvalue weighted by atomic mass is 14.1. The number of hydrogen-bond donors (Lipinski definition) is 0. The van der Waals surface area contributed by atoms with Gasteiger partial charge < -0.3 is 0 Å². The lowest BCUT2D eigenvalue weighted by Crippen LogP contribution is -1.96. The van der Waals surface area contributed by atoms with E-state index in [1.165, 1.54) is 44.9 Å². The van der Waals surface area contributed by atoms with Gasteiger partial charge in [-0.05, 0) is 44.4 Å². The maximum absolute atomic E-state index is 3.94. The van der Waals surface area contributed by atoms with Crippen LogP contribution in [-0.4, -0.2) is 0 Å². The molecular weight excluding hydrogens is 204 g/mol. The fourth-order valence-electron chi connectivity index (χ4n) is 1.94. The second kappa shape index (κ2) is 13.0. The van der Waals surface area contributed by atoms with E-state index >= 15 is 0 Å². The van der Waals surface area contributed by atoms with E-state index < -0.39 is 0 Å². The first-order valence-electron chi connectivity index (χ1n) is 6.86. The van der Waals surface area contributed by atoms with Crippen molar-refractivity contribution in [1.29, 1.82) is 0 Å². The van der Waals surface area contributed by atoms with Crippen LogP contribution in [0.5, 0.6) is 0 Å². The molecule has 0 aromatic rings. The third kappa shape index (κ3) is 11.2. The lowest BCUT2D eigenvalue weighted by Gasteiger charge is -2.11. The van der Waals surface area contributed by atoms with Gasteiger partial charge in [0, 0.05) is 0 Å². The molecule has 0 spiro atoms. The van der Waals surface area contributed by atoms with Gasteiger partial charge in [-0.2, -0.15) is 0 Å². The Balaban J connectivity index is 3.46. The highest BCUT2D eigenvalue weighted by molar-refractivity contribution is 4.96. The van der Waals surface area contributed by atoms with E-state index in [0.717, 1.165) is 6.42 Å². The number of unbranched alkanes of at least 4 members (excludes halogenated alkanes) is 4. The van der Waals surface area contributed by atoms with Crippen molar-refractivity contribution < 1.29 is 0 Å². The summed E-state index contributed by atoms with van der Waals surface area (Å²) < 4.78 is 0. The fraction of sp³-hybridized carbons (Fsp3) is 0.529. The van der Waals surface area contributed by atoms with Gasteiger partial charge in [0.05, 0.1) is 0 Å². The quantitative estimate of drug-likeness (QED) is 0.225. The van der Waals surface area contributed by atoms with Crippen molar-refractivity contribution in [1.82, 2.24) is 0 Å². The van der Waals surface area contributed by atoms with Gasteiger partial charge in [0.25, 0.3) is 0 Å². The van der Waals surface area contributed by atoms with Crippen molar-refractivity contribution in [3.05, 3.63) is 50.1 Å². The molecule has 0 aliphatic heterocycles. The molecule has 17 heavy (non-hydrogen) atoms. The molecule has 0 nitrogen and oxygen atoms in total. The summed E-state index contributed by atoms with van der Waals surface area (Å²) in [6.45, 7) is 11.4. The Labute approximate surface area is 108 Å². The van der Waals surface area contributed by atoms with Crippen molar-refractivity contribution in [2.75, 3.05) is 0 Å². The van der Waals surface area contributed by atoms with E-state index in [1.54, 1.807) is 0 Å². The minimum Gasteiger partial charge on any atom is -0.103 e. The van der Waals surface area contributed by atoms with Crippen LogP contribution in [0.15, 0.2) is 50.1 Å². The Morgan fingerprint density at radius 1 is 0.824 bits per heavy atom. The van der Waals surface area contributed by atoms with Crippen LogP contribution in [0, 0.1) is 5.92 Å². The van der Waals surface area contributed by atoms with Crippen LogP contribution in [0.25, 0.3) is 0 Å². The molecule has 0 saturated carbocycles. The van der Waals surface area contributed by atoms with Crippen LogP contribution < -0.4 is 0 Å². The number of hydrogen-bond acceptors (Lipinski definition) is 0. The van der Waals surface area contributed by atoms with Crippen LogP contribution in [-0.2, 0) is 0 Å². The SMILES string of the molecule is C=CC=CCCCCC(C=C)CCCCC=C. The Morgan fingerprint density at radius 3 is 2.00 bits per heavy atom. The molecule has 1 unspecified atom stereocenters. The molecule has 0 amide bonds. The number of allylic oxidation sites excluding steroid dienone is 5. The van der Waals surface area contributed by atoms with Crippen molar-refractivity contribution in [2.45, 2.75) is 51.4 Å². The Hall–Kier alpha value is -1.04. The number of rotatable bonds is 12. The Kier molecular flexibility index (Phi) is 12.2. The average Bonchev–Trinajstić information content (AvgIpc) is 2.36. The van der Waals surface area contributed by atoms with Gasteiger partial charge in [0.1, 0.15) is 0 Å². The molecule has 0 aliphatic rings. The van der Waals surface area contributed by atoms with Crippen molar-refractivity contribution in [2.24, 2.45) is 5.92 Å². The first-order chi connectivity index (χ1) is 8.35. The zero-order chi connectivity index (χ0) is 12.8. The molecule has 0 saturated heterocycles. The van der Waals surface area contributed by atoms with E-state index in [1.807, 2.05) is 18.2 Å². The molecule has 0 N–H and O–H groups in total. The molecule has 0 rings (SSSR count). The van der Waals surface area contributed by atoms with Crippen molar-refractivity contribution in [3.8, 4) is 0 Å². The zero-order valence-corrected chi connectivity index (χ0v) is 11.2. The molecule has 0 heterocycles. The highest BCUT2D eigenvalue weighted by Gasteiger charge is 2.02. The molecule has 0 radical (unpaired) electrons. The molecule has 0 aliphatic carbocycles. The van der Waals surface area contributed by atoms with Crippen molar-refractivity contribution in [3.63, 3.8) is 0 Å². The normalized spacial score (nSPS) is 12.5. The van der Waals surface area contributed by atoms with Crippen LogP contribution in [0.4, 0.5) is 0 Å². The predicted molar refractivity (Wildman–Crippen MR) is 80.2 cm³/mol. The van der Waals surface area contributed by atoms with Gasteiger partial charge >= 0.3 is 0 Å². The summed E-state index contributed by atoms with van der Waals surface area (Å²) in [5.41, 5.74) is 0. The Morgan fingerprint density at radius 2 is 1.47 bits per heavy atom. The topological polar surface area (TPSA) is 0 Å². The van der Waals surface area contributed by atoms with E-state index in [0.29, 0.717) is 5.92 Å². The molecule has 0 bridgehead atoms. The second-order valence-electron chi connectivity index (χ2n) is 4.52. The van der Waals surface area contributed by atoms with E-state index in [-0.39, 0.29) is 0 Å². The van der Waals surface area contributed by atoms with E-state index in [9.17, 15) is 0 Å². The molecule has 1 atom stereocenters. The highest BCUT2D eigenvalue weighted by Crippen LogP contribution is 2.18. The van der Waals surface area contributed by atoms with Crippen LogP contribution in [0.3, 0.4) is 0 Å². The standard InChI is InChI=1S/C17H28/c1-4-7-9-11-12-14-16-17(6-3)15-13-10-8-5-2/h4-7,9,17H,1-3,8,10-16H2. The van der Waals surface area contributed by atoms with Gasteiger partial charge in [-0.3, -0.25) is 0 Å². The van der Waals surface area contributed by atoms with Gasteiger partial charge in [-0.15, -0.1) is 13.2 Å². The smallest absolute Gasteiger partial charge is 0.0236 e. The molecule has 0 heteroatoms. The zero-order valence-electron chi connectivity index (χ0n) is 11.2. The minimum atomic E-state index is 0.711. The summed E-state index contributed by atoms with van der Waals surface area (Å²) in [6.07, 6.45) is 20.3. The lowest BCUT2D eigenvalue weighted by atomic mass is 9.95. The fourth-order valence-corrected chi connectivity index (χ4v) is 1.94. The second-order valence-corrected chi connectivity index (χ2v) is 4.52. The third-order valence-corrected chi connectivity index (χ3v) is 3.03. The van der Waals surface area contributed by atoms with Gasteiger partial charge in [0.2, 0.25) is 0 Å². The summed E-state index contributed by atoms with van der Waals surface area (Å²) in [6, 6.07) is 0. The van der Waals surface area contributed by atoms with Gasteiger partial charge in [0.15, 0.2) is 0 Å². The minimum absolute atomic E-state index is 0.711. The van der Waals surface area contributed by atoms with Gasteiger partial charge in [-0.25, -0.2) is 0 Å². The first-order valence-corrected chi connectivity index (χ1v) is 6.86. The summed E-state index contributed by atoms with van der Waals surface area (Å²) in [5, 5.41) is 0. The molecular formula is C17H28. The van der Waals surface area contributed by atoms with Crippen molar-refractivity contribution >= 4 is 0 Å². The van der Waals surface area contributed by atoms with Crippen LogP contribution >= 0.6 is 0 Å². The maximum atomic E-state index is 3.94.